The van der Waals surface area contributed by atoms with E-state index in [2.05, 4.69) is 37.2 Å². The first-order chi connectivity index (χ1) is 9.65. The fourth-order valence-corrected chi connectivity index (χ4v) is 4.20. The molecule has 3 rings (SSSR count). The Hall–Kier alpha value is -0.520. The number of hydrogen-bond donors (Lipinski definition) is 1. The molecule has 0 aliphatic carbocycles. The van der Waals surface area contributed by atoms with Crippen LogP contribution >= 0.6 is 43.6 Å². The Bertz CT molecular complexity index is 648. The van der Waals surface area contributed by atoms with Crippen LogP contribution in [0.15, 0.2) is 50.2 Å². The predicted octanol–water partition coefficient (Wildman–Crippen LogP) is 6.00. The zero-order chi connectivity index (χ0) is 14.1. The molecule has 2 aromatic rings. The van der Waals surface area contributed by atoms with Gasteiger partial charge >= 0.3 is 0 Å². The summed E-state index contributed by atoms with van der Waals surface area (Å²) < 4.78 is 15.9. The van der Waals surface area contributed by atoms with Crippen LogP contribution in [0.2, 0.25) is 0 Å². The monoisotopic (exact) mass is 415 g/mol. The van der Waals surface area contributed by atoms with E-state index in [1.54, 1.807) is 17.8 Å². The van der Waals surface area contributed by atoms with Crippen molar-refractivity contribution in [3.63, 3.8) is 0 Å². The van der Waals surface area contributed by atoms with Gasteiger partial charge in [-0.25, -0.2) is 4.39 Å². The molecule has 1 nitrogen and oxygen atoms in total. The van der Waals surface area contributed by atoms with Crippen molar-refractivity contribution in [2.75, 3.05) is 11.1 Å². The molecule has 1 N–H and O–H groups in total. The molecule has 104 valence electrons. The lowest BCUT2D eigenvalue weighted by molar-refractivity contribution is 0.585. The average Bonchev–Trinajstić information content (AvgIpc) is 2.44. The van der Waals surface area contributed by atoms with Crippen LogP contribution in [0, 0.1) is 5.82 Å². The summed E-state index contributed by atoms with van der Waals surface area (Å²) in [6.45, 7) is 0. The highest BCUT2D eigenvalue weighted by Gasteiger charge is 2.23. The Kier molecular flexibility index (Phi) is 4.38. The molecule has 1 heterocycles. The van der Waals surface area contributed by atoms with Crippen LogP contribution in [0.1, 0.15) is 18.0 Å². The van der Waals surface area contributed by atoms with E-state index in [9.17, 15) is 4.39 Å². The van der Waals surface area contributed by atoms with Gasteiger partial charge in [-0.05, 0) is 52.2 Å². The predicted molar refractivity (Wildman–Crippen MR) is 89.9 cm³/mol. The Morgan fingerprint density at radius 3 is 2.90 bits per heavy atom. The number of benzene rings is 2. The average molecular weight is 417 g/mol. The van der Waals surface area contributed by atoms with Crippen molar-refractivity contribution in [1.82, 2.24) is 0 Å². The van der Waals surface area contributed by atoms with Gasteiger partial charge in [0.2, 0.25) is 0 Å². The number of fused-ring (bicyclic) bond motifs is 1. The summed E-state index contributed by atoms with van der Waals surface area (Å²) in [6, 6.07) is 11.5. The maximum Gasteiger partial charge on any atom is 0.137 e. The lowest BCUT2D eigenvalue weighted by Crippen LogP contribution is -2.17. The summed E-state index contributed by atoms with van der Waals surface area (Å²) in [5.41, 5.74) is 2.07. The fraction of sp³-hybridized carbons (Fsp3) is 0.200. The molecule has 20 heavy (non-hydrogen) atoms. The summed E-state index contributed by atoms with van der Waals surface area (Å²) in [5, 5.41) is 3.52. The van der Waals surface area contributed by atoms with Crippen LogP contribution < -0.4 is 5.32 Å². The third-order valence-electron chi connectivity index (χ3n) is 3.28. The van der Waals surface area contributed by atoms with Gasteiger partial charge in [0, 0.05) is 19.6 Å². The van der Waals surface area contributed by atoms with Gasteiger partial charge in [0.15, 0.2) is 0 Å². The van der Waals surface area contributed by atoms with E-state index >= 15 is 0 Å². The second kappa shape index (κ2) is 6.08. The minimum absolute atomic E-state index is 0.118. The first kappa shape index (κ1) is 14.4. The molecule has 0 radical (unpaired) electrons. The largest absolute Gasteiger partial charge is 0.377 e. The smallest absolute Gasteiger partial charge is 0.137 e. The number of rotatable bonds is 2. The van der Waals surface area contributed by atoms with Crippen molar-refractivity contribution in [3.8, 4) is 0 Å². The van der Waals surface area contributed by atoms with Gasteiger partial charge in [0.05, 0.1) is 11.7 Å². The van der Waals surface area contributed by atoms with Gasteiger partial charge in [0.1, 0.15) is 5.82 Å². The van der Waals surface area contributed by atoms with Crippen LogP contribution in [0.4, 0.5) is 10.1 Å². The summed E-state index contributed by atoms with van der Waals surface area (Å²) in [5.74, 6) is 0.810. The van der Waals surface area contributed by atoms with Crippen molar-refractivity contribution in [1.29, 1.82) is 0 Å². The van der Waals surface area contributed by atoms with Gasteiger partial charge in [-0.3, -0.25) is 0 Å². The standard InChI is InChI=1S/C15H12Br2FNS/c16-9-4-5-11(17)14(8-9)19-13-6-7-20-15-10(13)2-1-3-12(15)18/h1-5,8,13,19H,6-7H2. The van der Waals surface area contributed by atoms with Gasteiger partial charge in [-0.15, -0.1) is 11.8 Å². The summed E-state index contributed by atoms with van der Waals surface area (Å²) >= 11 is 8.63. The maximum absolute atomic E-state index is 13.9. The number of thioether (sulfide) groups is 1. The zero-order valence-corrected chi connectivity index (χ0v) is 14.5. The summed E-state index contributed by atoms with van der Waals surface area (Å²) in [4.78, 5) is 0.780. The third kappa shape index (κ3) is 2.90. The van der Waals surface area contributed by atoms with Crippen LogP contribution in [0.5, 0.6) is 0 Å². The quantitative estimate of drug-likeness (QED) is 0.644. The van der Waals surface area contributed by atoms with Crippen LogP contribution in [-0.2, 0) is 0 Å². The van der Waals surface area contributed by atoms with E-state index in [0.717, 1.165) is 37.3 Å². The molecular formula is C15H12Br2FNS. The van der Waals surface area contributed by atoms with Crippen LogP contribution in [-0.4, -0.2) is 5.75 Å². The molecule has 2 aromatic carbocycles. The molecule has 0 saturated carbocycles. The van der Waals surface area contributed by atoms with Gasteiger partial charge in [0.25, 0.3) is 0 Å². The second-order valence-electron chi connectivity index (χ2n) is 4.62. The first-order valence-electron chi connectivity index (χ1n) is 6.28. The minimum Gasteiger partial charge on any atom is -0.377 e. The molecule has 0 amide bonds. The van der Waals surface area contributed by atoms with Gasteiger partial charge in [-0.2, -0.15) is 0 Å². The van der Waals surface area contributed by atoms with Crippen molar-refractivity contribution in [2.45, 2.75) is 17.4 Å². The van der Waals surface area contributed by atoms with Crippen LogP contribution in [0.25, 0.3) is 0 Å². The molecule has 1 aliphatic heterocycles. The van der Waals surface area contributed by atoms with Gasteiger partial charge < -0.3 is 5.32 Å². The molecule has 5 heteroatoms. The minimum atomic E-state index is -0.118. The van der Waals surface area contributed by atoms with Crippen LogP contribution in [0.3, 0.4) is 0 Å². The van der Waals surface area contributed by atoms with Crippen molar-refractivity contribution >= 4 is 49.3 Å². The van der Waals surface area contributed by atoms with E-state index in [4.69, 9.17) is 0 Å². The molecule has 1 unspecified atom stereocenters. The molecule has 0 saturated heterocycles. The van der Waals surface area contributed by atoms with Crippen molar-refractivity contribution in [3.05, 3.63) is 56.7 Å². The number of hydrogen-bond acceptors (Lipinski definition) is 2. The Labute approximate surface area is 138 Å². The summed E-state index contributed by atoms with van der Waals surface area (Å²) in [6.07, 6.45) is 0.986. The normalized spacial score (nSPS) is 17.6. The molecule has 0 aromatic heterocycles. The Balaban J connectivity index is 1.94. The van der Waals surface area contributed by atoms with E-state index in [1.165, 1.54) is 6.07 Å². The lowest BCUT2D eigenvalue weighted by atomic mass is 10.0. The molecule has 1 atom stereocenters. The van der Waals surface area contributed by atoms with E-state index < -0.39 is 0 Å². The number of halogens is 3. The Morgan fingerprint density at radius 1 is 1.20 bits per heavy atom. The number of anilines is 1. The van der Waals surface area contributed by atoms with E-state index in [0.29, 0.717) is 0 Å². The van der Waals surface area contributed by atoms with Crippen molar-refractivity contribution in [2.24, 2.45) is 0 Å². The maximum atomic E-state index is 13.9. The topological polar surface area (TPSA) is 12.0 Å². The lowest BCUT2D eigenvalue weighted by Gasteiger charge is -2.27. The highest BCUT2D eigenvalue weighted by atomic mass is 79.9. The fourth-order valence-electron chi connectivity index (χ4n) is 2.33. The molecule has 0 fully saturated rings. The highest BCUT2D eigenvalue weighted by Crippen LogP contribution is 2.40. The van der Waals surface area contributed by atoms with E-state index in [-0.39, 0.29) is 11.9 Å². The molecule has 1 aliphatic rings. The Morgan fingerprint density at radius 2 is 2.05 bits per heavy atom. The SMILES string of the molecule is Fc1cccc2c1SCCC2Nc1cc(Br)ccc1Br. The molecule has 0 bridgehead atoms. The second-order valence-corrected chi connectivity index (χ2v) is 7.49. The number of nitrogens with one attached hydrogen (secondary N) is 1. The third-order valence-corrected chi connectivity index (χ3v) is 5.63. The first-order valence-corrected chi connectivity index (χ1v) is 8.85. The van der Waals surface area contributed by atoms with Gasteiger partial charge in [-0.1, -0.05) is 28.1 Å². The highest BCUT2D eigenvalue weighted by molar-refractivity contribution is 9.11. The van der Waals surface area contributed by atoms with E-state index in [1.807, 2.05) is 24.3 Å². The molecule has 0 spiro atoms. The zero-order valence-electron chi connectivity index (χ0n) is 10.5. The van der Waals surface area contributed by atoms with Crippen molar-refractivity contribution < 1.29 is 4.39 Å². The summed E-state index contributed by atoms with van der Waals surface area (Å²) in [7, 11) is 0. The molecular weight excluding hydrogens is 405 g/mol.